The zero-order valence-corrected chi connectivity index (χ0v) is 7.61. The summed E-state index contributed by atoms with van der Waals surface area (Å²) in [7, 11) is 0. The van der Waals surface area contributed by atoms with Gasteiger partial charge in [-0.3, -0.25) is 9.89 Å². The first-order valence-corrected chi connectivity index (χ1v) is 4.19. The zero-order valence-electron chi connectivity index (χ0n) is 6.86. The highest BCUT2D eigenvalue weighted by Crippen LogP contribution is 2.30. The number of rotatable bonds is 3. The second-order valence-electron chi connectivity index (χ2n) is 2.52. The van der Waals surface area contributed by atoms with Crippen LogP contribution in [-0.2, 0) is 12.6 Å². The van der Waals surface area contributed by atoms with Crippen molar-refractivity contribution in [2.24, 2.45) is 0 Å². The quantitative estimate of drug-likeness (QED) is 0.633. The third-order valence-electron chi connectivity index (χ3n) is 1.61. The van der Waals surface area contributed by atoms with Crippen LogP contribution in [0.4, 0.5) is 13.2 Å². The van der Waals surface area contributed by atoms with E-state index in [1.807, 2.05) is 0 Å². The molecule has 14 heavy (non-hydrogen) atoms. The molecule has 0 fully saturated rings. The highest BCUT2D eigenvalue weighted by molar-refractivity contribution is 6.18. The minimum absolute atomic E-state index is 0.113. The van der Waals surface area contributed by atoms with E-state index in [2.05, 4.69) is 10.2 Å². The number of aromatic nitrogens is 2. The van der Waals surface area contributed by atoms with E-state index in [-0.39, 0.29) is 24.3 Å². The van der Waals surface area contributed by atoms with E-state index in [0.717, 1.165) is 0 Å². The summed E-state index contributed by atoms with van der Waals surface area (Å²) in [5.74, 6) is 0.125. The molecule has 3 nitrogen and oxygen atoms in total. The molecule has 0 saturated heterocycles. The smallest absolute Gasteiger partial charge is 0.298 e. The van der Waals surface area contributed by atoms with Crippen LogP contribution in [-0.4, -0.2) is 22.4 Å². The maximum absolute atomic E-state index is 12.2. The lowest BCUT2D eigenvalue weighted by Crippen LogP contribution is -2.09. The van der Waals surface area contributed by atoms with Gasteiger partial charge in [-0.15, -0.1) is 11.6 Å². The maximum atomic E-state index is 12.2. The molecule has 0 aliphatic rings. The largest absolute Gasteiger partial charge is 0.435 e. The average molecular weight is 227 g/mol. The van der Waals surface area contributed by atoms with Crippen LogP contribution >= 0.6 is 11.6 Å². The van der Waals surface area contributed by atoms with Gasteiger partial charge in [0.15, 0.2) is 12.0 Å². The molecule has 0 radical (unpaired) electrons. The maximum Gasteiger partial charge on any atom is 0.435 e. The molecule has 1 N–H and O–H groups in total. The van der Waals surface area contributed by atoms with Crippen molar-refractivity contribution < 1.29 is 18.0 Å². The lowest BCUT2D eigenvalue weighted by Gasteiger charge is -2.02. The van der Waals surface area contributed by atoms with Gasteiger partial charge in [0.1, 0.15) is 0 Å². The van der Waals surface area contributed by atoms with Crippen molar-refractivity contribution in [3.8, 4) is 0 Å². The number of alkyl halides is 4. The van der Waals surface area contributed by atoms with Crippen molar-refractivity contribution in [2.75, 3.05) is 5.88 Å². The molecule has 0 amide bonds. The van der Waals surface area contributed by atoms with Gasteiger partial charge in [-0.05, 0) is 0 Å². The Hall–Kier alpha value is -1.04. The SMILES string of the molecule is O=Cc1c(C(F)(F)F)n[nH]c1CCCl. The predicted molar refractivity (Wildman–Crippen MR) is 43.4 cm³/mol. The molecular formula is C7H6ClF3N2O. The fraction of sp³-hybridized carbons (Fsp3) is 0.429. The molecule has 0 aliphatic carbocycles. The second kappa shape index (κ2) is 4.00. The Bertz CT molecular complexity index is 334. The minimum Gasteiger partial charge on any atom is -0.298 e. The van der Waals surface area contributed by atoms with Crippen LogP contribution in [0, 0.1) is 0 Å². The zero-order chi connectivity index (χ0) is 10.8. The van der Waals surface area contributed by atoms with Gasteiger partial charge in [-0.1, -0.05) is 0 Å². The van der Waals surface area contributed by atoms with Gasteiger partial charge in [-0.25, -0.2) is 0 Å². The molecule has 1 rings (SSSR count). The van der Waals surface area contributed by atoms with E-state index in [9.17, 15) is 18.0 Å². The first kappa shape index (κ1) is 11.0. The van der Waals surface area contributed by atoms with Gasteiger partial charge in [0, 0.05) is 18.0 Å². The summed E-state index contributed by atoms with van der Waals surface area (Å²) >= 11 is 5.34. The van der Waals surface area contributed by atoms with Gasteiger partial charge in [0.25, 0.3) is 0 Å². The molecular weight excluding hydrogens is 221 g/mol. The first-order chi connectivity index (χ1) is 6.50. The predicted octanol–water partition coefficient (Wildman–Crippen LogP) is 2.02. The van der Waals surface area contributed by atoms with Crippen LogP contribution in [0.3, 0.4) is 0 Å². The molecule has 78 valence electrons. The number of H-pyrrole nitrogens is 1. The van der Waals surface area contributed by atoms with E-state index < -0.39 is 17.4 Å². The minimum atomic E-state index is -4.61. The standard InChI is InChI=1S/C7H6ClF3N2O/c8-2-1-5-4(3-14)6(13-12-5)7(9,10)11/h3H,1-2H2,(H,12,13). The number of halogens is 4. The van der Waals surface area contributed by atoms with Crippen LogP contribution in [0.1, 0.15) is 21.7 Å². The molecule has 0 unspecified atom stereocenters. The molecule has 1 heterocycles. The number of hydrogen-bond acceptors (Lipinski definition) is 2. The fourth-order valence-electron chi connectivity index (χ4n) is 1.01. The average Bonchev–Trinajstić information content (AvgIpc) is 2.47. The molecule has 0 saturated carbocycles. The Kier molecular flexibility index (Phi) is 3.15. The lowest BCUT2D eigenvalue weighted by molar-refractivity contribution is -0.141. The van der Waals surface area contributed by atoms with E-state index in [1.54, 1.807) is 0 Å². The highest BCUT2D eigenvalue weighted by Gasteiger charge is 2.37. The third kappa shape index (κ3) is 2.06. The molecule has 0 aromatic carbocycles. The van der Waals surface area contributed by atoms with Crippen molar-refractivity contribution in [2.45, 2.75) is 12.6 Å². The van der Waals surface area contributed by atoms with Crippen molar-refractivity contribution in [1.82, 2.24) is 10.2 Å². The Morgan fingerprint density at radius 3 is 2.57 bits per heavy atom. The van der Waals surface area contributed by atoms with Crippen molar-refractivity contribution >= 4 is 17.9 Å². The van der Waals surface area contributed by atoms with Crippen LogP contribution in [0.25, 0.3) is 0 Å². The summed E-state index contributed by atoms with van der Waals surface area (Å²) in [6.07, 6.45) is -4.33. The van der Waals surface area contributed by atoms with E-state index in [0.29, 0.717) is 0 Å². The van der Waals surface area contributed by atoms with Crippen molar-refractivity contribution in [1.29, 1.82) is 0 Å². The van der Waals surface area contributed by atoms with Crippen LogP contribution in [0.2, 0.25) is 0 Å². The molecule has 0 aliphatic heterocycles. The Morgan fingerprint density at radius 2 is 2.14 bits per heavy atom. The summed E-state index contributed by atoms with van der Waals surface area (Å²) in [6.45, 7) is 0. The van der Waals surface area contributed by atoms with Gasteiger partial charge >= 0.3 is 6.18 Å². The van der Waals surface area contributed by atoms with E-state index >= 15 is 0 Å². The van der Waals surface area contributed by atoms with Crippen LogP contribution in [0.5, 0.6) is 0 Å². The number of carbonyl (C=O) groups excluding carboxylic acids is 1. The number of aldehydes is 1. The van der Waals surface area contributed by atoms with Crippen LogP contribution in [0.15, 0.2) is 0 Å². The van der Waals surface area contributed by atoms with Gasteiger partial charge in [0.05, 0.1) is 5.56 Å². The van der Waals surface area contributed by atoms with Crippen molar-refractivity contribution in [3.05, 3.63) is 17.0 Å². The summed E-state index contributed by atoms with van der Waals surface area (Å²) in [5, 5.41) is 5.18. The molecule has 0 spiro atoms. The second-order valence-corrected chi connectivity index (χ2v) is 2.90. The normalized spacial score (nSPS) is 11.7. The monoisotopic (exact) mass is 226 g/mol. The number of aromatic amines is 1. The summed E-state index contributed by atoms with van der Waals surface area (Å²) in [5.41, 5.74) is -1.53. The summed E-state index contributed by atoms with van der Waals surface area (Å²) < 4.78 is 36.6. The summed E-state index contributed by atoms with van der Waals surface area (Å²) in [6, 6.07) is 0. The van der Waals surface area contributed by atoms with Crippen LogP contribution < -0.4 is 0 Å². The third-order valence-corrected chi connectivity index (χ3v) is 1.80. The highest BCUT2D eigenvalue weighted by atomic mass is 35.5. The number of nitrogens with one attached hydrogen (secondary N) is 1. The van der Waals surface area contributed by atoms with Gasteiger partial charge < -0.3 is 0 Å². The number of hydrogen-bond donors (Lipinski definition) is 1. The van der Waals surface area contributed by atoms with Gasteiger partial charge in [0.2, 0.25) is 0 Å². The Balaban J connectivity index is 3.14. The molecule has 7 heteroatoms. The number of carbonyl (C=O) groups is 1. The first-order valence-electron chi connectivity index (χ1n) is 3.66. The van der Waals surface area contributed by atoms with E-state index in [4.69, 9.17) is 11.6 Å². The Morgan fingerprint density at radius 1 is 1.50 bits per heavy atom. The summed E-state index contributed by atoms with van der Waals surface area (Å²) in [4.78, 5) is 10.4. The molecule has 1 aromatic rings. The lowest BCUT2D eigenvalue weighted by atomic mass is 10.1. The number of aryl methyl sites for hydroxylation is 1. The van der Waals surface area contributed by atoms with Gasteiger partial charge in [-0.2, -0.15) is 18.3 Å². The topological polar surface area (TPSA) is 45.8 Å². The van der Waals surface area contributed by atoms with Crippen molar-refractivity contribution in [3.63, 3.8) is 0 Å². The molecule has 0 atom stereocenters. The Labute approximate surface area is 82.2 Å². The fourth-order valence-corrected chi connectivity index (χ4v) is 1.20. The molecule has 1 aromatic heterocycles. The number of nitrogens with zero attached hydrogens (tertiary/aromatic N) is 1. The molecule has 0 bridgehead atoms. The van der Waals surface area contributed by atoms with E-state index in [1.165, 1.54) is 0 Å².